The first kappa shape index (κ1) is 16.0. The Bertz CT molecular complexity index is 475. The Morgan fingerprint density at radius 2 is 2.14 bits per heavy atom. The van der Waals surface area contributed by atoms with E-state index < -0.39 is 0 Å². The van der Waals surface area contributed by atoms with E-state index >= 15 is 0 Å². The van der Waals surface area contributed by atoms with Crippen LogP contribution in [0.2, 0.25) is 0 Å². The normalized spacial score (nSPS) is 16.4. The van der Waals surface area contributed by atoms with Crippen molar-refractivity contribution < 1.29 is 4.79 Å². The van der Waals surface area contributed by atoms with Crippen molar-refractivity contribution >= 4 is 5.91 Å². The molecule has 0 aromatic carbocycles. The maximum absolute atomic E-state index is 12.9. The van der Waals surface area contributed by atoms with Gasteiger partial charge in [0.05, 0.1) is 5.69 Å². The molecular formula is C16H28N4O. The molecule has 0 bridgehead atoms. The van der Waals surface area contributed by atoms with Crippen LogP contribution in [-0.4, -0.2) is 46.3 Å². The van der Waals surface area contributed by atoms with Crippen molar-refractivity contribution in [2.24, 2.45) is 13.0 Å². The van der Waals surface area contributed by atoms with Gasteiger partial charge in [-0.15, -0.1) is 0 Å². The van der Waals surface area contributed by atoms with Gasteiger partial charge >= 0.3 is 0 Å². The highest BCUT2D eigenvalue weighted by molar-refractivity contribution is 5.92. The fraction of sp³-hybridized carbons (Fsp3) is 0.750. The van der Waals surface area contributed by atoms with Crippen LogP contribution in [0.3, 0.4) is 0 Å². The lowest BCUT2D eigenvalue weighted by molar-refractivity contribution is 0.0646. The highest BCUT2D eigenvalue weighted by atomic mass is 16.2. The minimum absolute atomic E-state index is 0.109. The first-order valence-corrected chi connectivity index (χ1v) is 8.07. The van der Waals surface area contributed by atoms with Gasteiger partial charge in [0.1, 0.15) is 5.69 Å². The standard InChI is InChI=1S/C16H28N4O/c1-5-14-10-15(19(4)18-14)16(21)20(12(2)3)11-13-6-8-17-9-7-13/h10,12-13,17H,5-9,11H2,1-4H3. The highest BCUT2D eigenvalue weighted by Crippen LogP contribution is 2.18. The fourth-order valence-electron chi connectivity index (χ4n) is 2.92. The van der Waals surface area contributed by atoms with Gasteiger partial charge in [-0.2, -0.15) is 5.10 Å². The van der Waals surface area contributed by atoms with E-state index in [4.69, 9.17) is 0 Å². The molecule has 1 aliphatic heterocycles. The van der Waals surface area contributed by atoms with Gasteiger partial charge in [0, 0.05) is 19.6 Å². The molecule has 0 radical (unpaired) electrons. The lowest BCUT2D eigenvalue weighted by Gasteiger charge is -2.32. The van der Waals surface area contributed by atoms with E-state index in [1.165, 1.54) is 0 Å². The van der Waals surface area contributed by atoms with Gasteiger partial charge in [-0.3, -0.25) is 9.48 Å². The van der Waals surface area contributed by atoms with Crippen LogP contribution in [0.5, 0.6) is 0 Å². The number of hydrogen-bond donors (Lipinski definition) is 1. The average Bonchev–Trinajstić information content (AvgIpc) is 2.86. The number of aryl methyl sites for hydroxylation is 2. The van der Waals surface area contributed by atoms with Crippen molar-refractivity contribution in [3.63, 3.8) is 0 Å². The first-order valence-electron chi connectivity index (χ1n) is 8.07. The predicted molar refractivity (Wildman–Crippen MR) is 84.4 cm³/mol. The van der Waals surface area contributed by atoms with Crippen LogP contribution in [-0.2, 0) is 13.5 Å². The summed E-state index contributed by atoms with van der Waals surface area (Å²) >= 11 is 0. The van der Waals surface area contributed by atoms with Crippen molar-refractivity contribution in [3.05, 3.63) is 17.5 Å². The van der Waals surface area contributed by atoms with Crippen LogP contribution in [0, 0.1) is 5.92 Å². The summed E-state index contributed by atoms with van der Waals surface area (Å²) in [5.41, 5.74) is 1.68. The molecule has 1 amide bonds. The molecule has 1 fully saturated rings. The van der Waals surface area contributed by atoms with Gasteiger partial charge < -0.3 is 10.2 Å². The third-order valence-corrected chi connectivity index (χ3v) is 4.31. The predicted octanol–water partition coefficient (Wildman–Crippen LogP) is 1.83. The third kappa shape index (κ3) is 3.84. The zero-order chi connectivity index (χ0) is 15.4. The molecule has 5 heteroatoms. The number of amides is 1. The summed E-state index contributed by atoms with van der Waals surface area (Å²) in [6, 6.07) is 2.15. The monoisotopic (exact) mass is 292 g/mol. The largest absolute Gasteiger partial charge is 0.335 e. The number of carbonyl (C=O) groups is 1. The van der Waals surface area contributed by atoms with Gasteiger partial charge in [-0.05, 0) is 58.2 Å². The molecule has 1 aromatic heterocycles. The Kier molecular flexibility index (Phi) is 5.39. The Labute approximate surface area is 127 Å². The van der Waals surface area contributed by atoms with E-state index in [0.29, 0.717) is 11.6 Å². The van der Waals surface area contributed by atoms with Gasteiger partial charge in [0.15, 0.2) is 0 Å². The molecule has 0 saturated carbocycles. The summed E-state index contributed by atoms with van der Waals surface area (Å²) < 4.78 is 1.72. The maximum Gasteiger partial charge on any atom is 0.272 e. The molecule has 2 heterocycles. The molecule has 0 atom stereocenters. The zero-order valence-corrected chi connectivity index (χ0v) is 13.7. The molecule has 1 aliphatic rings. The molecule has 1 aromatic rings. The summed E-state index contributed by atoms with van der Waals surface area (Å²) in [7, 11) is 1.86. The molecule has 0 spiro atoms. The van der Waals surface area contributed by atoms with Gasteiger partial charge in [0.25, 0.3) is 5.91 Å². The summed E-state index contributed by atoms with van der Waals surface area (Å²) in [4.78, 5) is 14.9. The molecule has 1 saturated heterocycles. The number of hydrogen-bond acceptors (Lipinski definition) is 3. The Morgan fingerprint density at radius 3 is 2.67 bits per heavy atom. The van der Waals surface area contributed by atoms with Crippen molar-refractivity contribution in [3.8, 4) is 0 Å². The number of rotatable bonds is 5. The molecule has 1 N–H and O–H groups in total. The molecule has 2 rings (SSSR count). The van der Waals surface area contributed by atoms with E-state index in [1.54, 1.807) is 4.68 Å². The number of nitrogens with one attached hydrogen (secondary N) is 1. The summed E-state index contributed by atoms with van der Waals surface area (Å²) in [6.07, 6.45) is 3.17. The van der Waals surface area contributed by atoms with Crippen LogP contribution in [0.15, 0.2) is 6.07 Å². The van der Waals surface area contributed by atoms with Crippen molar-refractivity contribution in [1.82, 2.24) is 20.0 Å². The van der Waals surface area contributed by atoms with Crippen LogP contribution < -0.4 is 5.32 Å². The first-order chi connectivity index (χ1) is 10.0. The minimum atomic E-state index is 0.109. The number of carbonyl (C=O) groups excluding carboxylic acids is 1. The molecule has 0 aliphatic carbocycles. The van der Waals surface area contributed by atoms with Crippen LogP contribution in [0.25, 0.3) is 0 Å². The molecule has 0 unspecified atom stereocenters. The van der Waals surface area contributed by atoms with Crippen LogP contribution in [0.1, 0.15) is 49.8 Å². The van der Waals surface area contributed by atoms with E-state index in [9.17, 15) is 4.79 Å². The molecule has 118 valence electrons. The number of aromatic nitrogens is 2. The summed E-state index contributed by atoms with van der Waals surface area (Å²) in [5, 5.41) is 7.78. The molecule has 5 nitrogen and oxygen atoms in total. The van der Waals surface area contributed by atoms with Gasteiger partial charge in [-0.1, -0.05) is 6.92 Å². The highest BCUT2D eigenvalue weighted by Gasteiger charge is 2.25. The number of nitrogens with zero attached hydrogens (tertiary/aromatic N) is 3. The second kappa shape index (κ2) is 7.07. The zero-order valence-electron chi connectivity index (χ0n) is 13.7. The van der Waals surface area contributed by atoms with Gasteiger partial charge in [-0.25, -0.2) is 0 Å². The quantitative estimate of drug-likeness (QED) is 0.901. The Morgan fingerprint density at radius 1 is 1.48 bits per heavy atom. The molecular weight excluding hydrogens is 264 g/mol. The summed E-state index contributed by atoms with van der Waals surface area (Å²) in [5.74, 6) is 0.717. The van der Waals surface area contributed by atoms with E-state index in [2.05, 4.69) is 31.2 Å². The SMILES string of the molecule is CCc1cc(C(=O)N(CC2CCNCC2)C(C)C)n(C)n1. The lowest BCUT2D eigenvalue weighted by Crippen LogP contribution is -2.43. The van der Waals surface area contributed by atoms with E-state index in [1.807, 2.05) is 18.0 Å². The number of piperidine rings is 1. The minimum Gasteiger partial charge on any atom is -0.335 e. The van der Waals surface area contributed by atoms with Crippen molar-refractivity contribution in [1.29, 1.82) is 0 Å². The van der Waals surface area contributed by atoms with Crippen LogP contribution in [0.4, 0.5) is 0 Å². The second-order valence-electron chi connectivity index (χ2n) is 6.24. The summed E-state index contributed by atoms with van der Waals surface area (Å²) in [6.45, 7) is 9.23. The lowest BCUT2D eigenvalue weighted by atomic mass is 9.97. The molecule has 21 heavy (non-hydrogen) atoms. The van der Waals surface area contributed by atoms with Gasteiger partial charge in [0.2, 0.25) is 0 Å². The Balaban J connectivity index is 2.12. The van der Waals surface area contributed by atoms with Crippen LogP contribution >= 0.6 is 0 Å². The average molecular weight is 292 g/mol. The van der Waals surface area contributed by atoms with E-state index in [-0.39, 0.29) is 11.9 Å². The fourth-order valence-corrected chi connectivity index (χ4v) is 2.92. The third-order valence-electron chi connectivity index (χ3n) is 4.31. The van der Waals surface area contributed by atoms with Crippen molar-refractivity contribution in [2.75, 3.05) is 19.6 Å². The van der Waals surface area contributed by atoms with E-state index in [0.717, 1.165) is 44.6 Å². The van der Waals surface area contributed by atoms with Crippen molar-refractivity contribution in [2.45, 2.75) is 46.1 Å². The maximum atomic E-state index is 12.9. The Hall–Kier alpha value is -1.36. The second-order valence-corrected chi connectivity index (χ2v) is 6.24. The smallest absolute Gasteiger partial charge is 0.272 e. The topological polar surface area (TPSA) is 50.2 Å².